The molecule has 1 aliphatic heterocycles. The molecule has 1 unspecified atom stereocenters. The Morgan fingerprint density at radius 3 is 2.74 bits per heavy atom. The second kappa shape index (κ2) is 9.20. The first-order chi connectivity index (χ1) is 10.5. The number of methoxy groups -OCH3 is 1. The highest BCUT2D eigenvalue weighted by atomic mass is 127. The monoisotopic (exact) mass is 433 g/mol. The van der Waals surface area contributed by atoms with Crippen LogP contribution in [-0.4, -0.2) is 32.8 Å². The van der Waals surface area contributed by atoms with Crippen molar-refractivity contribution in [3.63, 3.8) is 0 Å². The van der Waals surface area contributed by atoms with E-state index in [-0.39, 0.29) is 30.1 Å². The first-order valence-corrected chi connectivity index (χ1v) is 7.84. The summed E-state index contributed by atoms with van der Waals surface area (Å²) >= 11 is 0. The van der Waals surface area contributed by atoms with Crippen LogP contribution in [0.1, 0.15) is 31.9 Å². The second-order valence-electron chi connectivity index (χ2n) is 6.10. The van der Waals surface area contributed by atoms with Gasteiger partial charge in [0.05, 0.1) is 7.11 Å². The summed E-state index contributed by atoms with van der Waals surface area (Å²) in [5, 5.41) is 6.62. The van der Waals surface area contributed by atoms with Crippen LogP contribution in [0.2, 0.25) is 0 Å². The van der Waals surface area contributed by atoms with Crippen molar-refractivity contribution in [2.75, 3.05) is 20.7 Å². The number of guanidine groups is 1. The average molecular weight is 433 g/mol. The summed E-state index contributed by atoms with van der Waals surface area (Å²) in [5.41, 5.74) is 2.29. The quantitative estimate of drug-likeness (QED) is 0.426. The Balaban J connectivity index is 0.00000264. The maximum absolute atomic E-state index is 5.83. The molecule has 0 saturated carbocycles. The van der Waals surface area contributed by atoms with Gasteiger partial charge >= 0.3 is 0 Å². The molecule has 5 nitrogen and oxygen atoms in total. The molecule has 2 rings (SSSR count). The van der Waals surface area contributed by atoms with Crippen molar-refractivity contribution >= 4 is 29.9 Å². The van der Waals surface area contributed by atoms with Crippen LogP contribution >= 0.6 is 24.0 Å². The molecule has 1 atom stereocenters. The summed E-state index contributed by atoms with van der Waals surface area (Å²) < 4.78 is 11.3. The Bertz CT molecular complexity index is 547. The lowest BCUT2D eigenvalue weighted by Crippen LogP contribution is -2.38. The minimum atomic E-state index is 0. The zero-order valence-electron chi connectivity index (χ0n) is 14.6. The van der Waals surface area contributed by atoms with E-state index in [1.54, 1.807) is 14.2 Å². The first kappa shape index (κ1) is 19.9. The summed E-state index contributed by atoms with van der Waals surface area (Å²) in [7, 11) is 3.48. The predicted molar refractivity (Wildman–Crippen MR) is 105 cm³/mol. The molecule has 1 heterocycles. The van der Waals surface area contributed by atoms with Crippen molar-refractivity contribution < 1.29 is 9.47 Å². The summed E-state index contributed by atoms with van der Waals surface area (Å²) in [6.45, 7) is 7.96. The van der Waals surface area contributed by atoms with Gasteiger partial charge in [-0.3, -0.25) is 4.99 Å². The third-order valence-electron chi connectivity index (χ3n) is 3.65. The minimum Gasteiger partial charge on any atom is -0.496 e. The molecule has 0 fully saturated rings. The van der Waals surface area contributed by atoms with E-state index in [2.05, 4.69) is 48.5 Å². The van der Waals surface area contributed by atoms with Gasteiger partial charge in [0.25, 0.3) is 0 Å². The van der Waals surface area contributed by atoms with Gasteiger partial charge in [0.2, 0.25) is 0 Å². The van der Waals surface area contributed by atoms with Gasteiger partial charge in [-0.05, 0) is 25.0 Å². The van der Waals surface area contributed by atoms with Crippen LogP contribution in [0.5, 0.6) is 11.5 Å². The number of nitrogens with one attached hydrogen (secondary N) is 2. The summed E-state index contributed by atoms with van der Waals surface area (Å²) in [4.78, 5) is 4.24. The fraction of sp³-hybridized carbons (Fsp3) is 0.588. The zero-order valence-corrected chi connectivity index (χ0v) is 16.9. The maximum Gasteiger partial charge on any atom is 0.191 e. The third kappa shape index (κ3) is 5.44. The van der Waals surface area contributed by atoms with Crippen LogP contribution in [0.15, 0.2) is 17.1 Å². The number of hydrogen-bond donors (Lipinski definition) is 2. The van der Waals surface area contributed by atoms with Crippen molar-refractivity contribution in [1.82, 2.24) is 10.6 Å². The van der Waals surface area contributed by atoms with Gasteiger partial charge in [-0.1, -0.05) is 13.8 Å². The van der Waals surface area contributed by atoms with Gasteiger partial charge in [0.15, 0.2) is 5.96 Å². The zero-order chi connectivity index (χ0) is 16.1. The molecule has 0 aromatic heterocycles. The van der Waals surface area contributed by atoms with Crippen molar-refractivity contribution in [2.45, 2.75) is 39.8 Å². The maximum atomic E-state index is 5.83. The lowest BCUT2D eigenvalue weighted by atomic mass is 10.1. The lowest BCUT2D eigenvalue weighted by molar-refractivity contribution is 0.254. The molecule has 0 amide bonds. The van der Waals surface area contributed by atoms with Gasteiger partial charge in [-0.15, -0.1) is 24.0 Å². The van der Waals surface area contributed by atoms with Crippen LogP contribution in [0, 0.1) is 5.92 Å². The summed E-state index contributed by atoms with van der Waals surface area (Å²) in [6, 6.07) is 4.15. The number of hydrogen-bond acceptors (Lipinski definition) is 3. The van der Waals surface area contributed by atoms with Crippen LogP contribution in [0.25, 0.3) is 0 Å². The van der Waals surface area contributed by atoms with Gasteiger partial charge < -0.3 is 20.1 Å². The van der Waals surface area contributed by atoms with E-state index in [0.717, 1.165) is 36.0 Å². The van der Waals surface area contributed by atoms with E-state index in [9.17, 15) is 0 Å². The van der Waals surface area contributed by atoms with Crippen LogP contribution in [0.4, 0.5) is 0 Å². The number of fused-ring (bicyclic) bond motifs is 1. The standard InChI is InChI=1S/C17H27N3O2.HI/c1-11(2)9-19-17(18-4)20-10-14-8-16-13(6-12(3)22-16)7-15(14)21-5;/h7-8,11-12H,6,9-10H2,1-5H3,(H2,18,19,20);1H. The van der Waals surface area contributed by atoms with Gasteiger partial charge in [0.1, 0.15) is 17.6 Å². The molecule has 0 aliphatic carbocycles. The van der Waals surface area contributed by atoms with Gasteiger partial charge in [-0.2, -0.15) is 0 Å². The number of halogens is 1. The highest BCUT2D eigenvalue weighted by Crippen LogP contribution is 2.34. The Kier molecular flexibility index (Phi) is 7.94. The largest absolute Gasteiger partial charge is 0.496 e. The normalized spacial score (nSPS) is 16.4. The van der Waals surface area contributed by atoms with Gasteiger partial charge in [0, 0.05) is 37.7 Å². The Morgan fingerprint density at radius 2 is 2.13 bits per heavy atom. The fourth-order valence-electron chi connectivity index (χ4n) is 2.51. The molecule has 1 aromatic carbocycles. The van der Waals surface area contributed by atoms with E-state index in [1.807, 2.05) is 0 Å². The van der Waals surface area contributed by atoms with Crippen LogP contribution in [-0.2, 0) is 13.0 Å². The van der Waals surface area contributed by atoms with E-state index in [4.69, 9.17) is 9.47 Å². The Hall–Kier alpha value is -1.18. The summed E-state index contributed by atoms with van der Waals surface area (Å²) in [5.74, 6) is 3.23. The molecule has 130 valence electrons. The lowest BCUT2D eigenvalue weighted by Gasteiger charge is -2.15. The first-order valence-electron chi connectivity index (χ1n) is 7.84. The number of aliphatic imine (C=N–C) groups is 1. The van der Waals surface area contributed by atoms with Gasteiger partial charge in [-0.25, -0.2) is 0 Å². The van der Waals surface area contributed by atoms with Crippen LogP contribution < -0.4 is 20.1 Å². The van der Waals surface area contributed by atoms with Crippen molar-refractivity contribution in [2.24, 2.45) is 10.9 Å². The molecule has 1 aromatic rings. The molecule has 0 spiro atoms. The topological polar surface area (TPSA) is 54.9 Å². The summed E-state index contributed by atoms with van der Waals surface area (Å²) in [6.07, 6.45) is 1.18. The van der Waals surface area contributed by atoms with E-state index < -0.39 is 0 Å². The molecule has 0 saturated heterocycles. The minimum absolute atomic E-state index is 0. The Labute approximate surface area is 156 Å². The molecular weight excluding hydrogens is 405 g/mol. The number of nitrogens with zero attached hydrogens (tertiary/aromatic N) is 1. The molecule has 0 bridgehead atoms. The highest BCUT2D eigenvalue weighted by molar-refractivity contribution is 14.0. The van der Waals surface area contributed by atoms with E-state index >= 15 is 0 Å². The van der Waals surface area contributed by atoms with Crippen molar-refractivity contribution in [1.29, 1.82) is 0 Å². The second-order valence-corrected chi connectivity index (χ2v) is 6.10. The van der Waals surface area contributed by atoms with E-state index in [0.29, 0.717) is 12.5 Å². The number of rotatable bonds is 5. The van der Waals surface area contributed by atoms with E-state index in [1.165, 1.54) is 5.56 Å². The van der Waals surface area contributed by atoms with Crippen LogP contribution in [0.3, 0.4) is 0 Å². The molecule has 1 aliphatic rings. The average Bonchev–Trinajstić information content (AvgIpc) is 2.85. The number of benzene rings is 1. The van der Waals surface area contributed by atoms with Crippen molar-refractivity contribution in [3.8, 4) is 11.5 Å². The molecule has 0 radical (unpaired) electrons. The predicted octanol–water partition coefficient (Wildman–Crippen LogP) is 2.96. The Morgan fingerprint density at radius 1 is 1.39 bits per heavy atom. The molecule has 23 heavy (non-hydrogen) atoms. The van der Waals surface area contributed by atoms with Crippen molar-refractivity contribution in [3.05, 3.63) is 23.3 Å². The molecule has 6 heteroatoms. The highest BCUT2D eigenvalue weighted by Gasteiger charge is 2.21. The molecular formula is C17H28IN3O2. The fourth-order valence-corrected chi connectivity index (χ4v) is 2.51. The SMILES string of the molecule is CN=C(NCc1cc2c(cc1OC)CC(C)O2)NCC(C)C.I. The molecule has 2 N–H and O–H groups in total. The number of ether oxygens (including phenoxy) is 2. The smallest absolute Gasteiger partial charge is 0.191 e. The third-order valence-corrected chi connectivity index (χ3v) is 3.65.